The Hall–Kier alpha value is -2.24. The molecule has 0 saturated carbocycles. The Morgan fingerprint density at radius 3 is 2.74 bits per heavy atom. The summed E-state index contributed by atoms with van der Waals surface area (Å²) in [6.07, 6.45) is -0.776. The van der Waals surface area contributed by atoms with Crippen molar-refractivity contribution >= 4 is 11.9 Å². The van der Waals surface area contributed by atoms with Crippen LogP contribution in [-0.4, -0.2) is 37.7 Å². The van der Waals surface area contributed by atoms with E-state index in [0.717, 1.165) is 0 Å². The molecule has 0 fully saturated rings. The first-order valence-electron chi connectivity index (χ1n) is 5.88. The quantitative estimate of drug-likeness (QED) is 0.806. The molecule has 1 heterocycles. The third-order valence-corrected chi connectivity index (χ3v) is 2.71. The van der Waals surface area contributed by atoms with Gasteiger partial charge >= 0.3 is 5.97 Å². The Balaban J connectivity index is 1.97. The van der Waals surface area contributed by atoms with Gasteiger partial charge in [-0.25, -0.2) is 4.79 Å². The highest BCUT2D eigenvalue weighted by atomic mass is 16.6. The number of para-hydroxylation sites is 2. The van der Waals surface area contributed by atoms with E-state index in [-0.39, 0.29) is 6.61 Å². The first kappa shape index (κ1) is 13.2. The van der Waals surface area contributed by atoms with Gasteiger partial charge in [-0.1, -0.05) is 12.1 Å². The van der Waals surface area contributed by atoms with Gasteiger partial charge in [0.05, 0.1) is 7.11 Å². The van der Waals surface area contributed by atoms with E-state index >= 15 is 0 Å². The molecule has 6 nitrogen and oxygen atoms in total. The van der Waals surface area contributed by atoms with Crippen molar-refractivity contribution in [1.82, 2.24) is 5.32 Å². The van der Waals surface area contributed by atoms with Crippen LogP contribution in [0, 0.1) is 0 Å². The van der Waals surface area contributed by atoms with Gasteiger partial charge in [-0.2, -0.15) is 0 Å². The molecule has 6 heteroatoms. The van der Waals surface area contributed by atoms with Crippen LogP contribution in [0.2, 0.25) is 0 Å². The molecule has 1 amide bonds. The van der Waals surface area contributed by atoms with Crippen LogP contribution < -0.4 is 14.8 Å². The molecule has 0 radical (unpaired) electrons. The summed E-state index contributed by atoms with van der Waals surface area (Å²) < 4.78 is 15.5. The van der Waals surface area contributed by atoms with Crippen LogP contribution in [0.3, 0.4) is 0 Å². The Bertz CT molecular complexity index is 488. The summed E-state index contributed by atoms with van der Waals surface area (Å²) in [6.45, 7) is 1.65. The highest BCUT2D eigenvalue weighted by Gasteiger charge is 2.29. The Morgan fingerprint density at radius 1 is 1.37 bits per heavy atom. The number of fused-ring (bicyclic) bond motifs is 1. The van der Waals surface area contributed by atoms with Gasteiger partial charge in [0.25, 0.3) is 5.91 Å². The predicted octanol–water partition coefficient (Wildman–Crippen LogP) is 0.504. The first-order valence-corrected chi connectivity index (χ1v) is 5.88. The summed E-state index contributed by atoms with van der Waals surface area (Å²) in [4.78, 5) is 23.1. The molecule has 0 bridgehead atoms. The zero-order valence-corrected chi connectivity index (χ0v) is 10.7. The van der Waals surface area contributed by atoms with Crippen molar-refractivity contribution in [3.8, 4) is 11.5 Å². The molecule has 2 rings (SSSR count). The molecule has 102 valence electrons. The Kier molecular flexibility index (Phi) is 3.89. The molecule has 0 aliphatic carbocycles. The summed E-state index contributed by atoms with van der Waals surface area (Å²) in [6, 6.07) is 6.37. The van der Waals surface area contributed by atoms with Gasteiger partial charge in [0, 0.05) is 0 Å². The second kappa shape index (κ2) is 5.60. The number of methoxy groups -OCH3 is 1. The summed E-state index contributed by atoms with van der Waals surface area (Å²) in [5.41, 5.74) is 0. The van der Waals surface area contributed by atoms with Crippen LogP contribution in [-0.2, 0) is 14.3 Å². The lowest BCUT2D eigenvalue weighted by atomic mass is 10.2. The van der Waals surface area contributed by atoms with E-state index < -0.39 is 24.0 Å². The average Bonchev–Trinajstić information content (AvgIpc) is 2.45. The molecule has 2 unspecified atom stereocenters. The fourth-order valence-electron chi connectivity index (χ4n) is 1.69. The maximum atomic E-state index is 11.9. The second-order valence-electron chi connectivity index (χ2n) is 4.12. The number of benzene rings is 1. The first-order chi connectivity index (χ1) is 9.11. The molecule has 1 aromatic carbocycles. The van der Waals surface area contributed by atoms with E-state index in [9.17, 15) is 9.59 Å². The van der Waals surface area contributed by atoms with Gasteiger partial charge in [-0.05, 0) is 19.1 Å². The molecule has 0 aromatic heterocycles. The fourth-order valence-corrected chi connectivity index (χ4v) is 1.69. The Morgan fingerprint density at radius 2 is 2.05 bits per heavy atom. The second-order valence-corrected chi connectivity index (χ2v) is 4.12. The van der Waals surface area contributed by atoms with Crippen molar-refractivity contribution in [2.45, 2.75) is 19.1 Å². The number of rotatable bonds is 3. The molecule has 1 aromatic rings. The number of ether oxygens (including phenoxy) is 3. The minimum absolute atomic E-state index is 0.108. The third-order valence-electron chi connectivity index (χ3n) is 2.71. The SMILES string of the molecule is COC(=O)C(C)NC(=O)C1COc2ccccc2O1. The van der Waals surface area contributed by atoms with E-state index in [1.807, 2.05) is 6.07 Å². The normalized spacial score (nSPS) is 18.3. The lowest BCUT2D eigenvalue weighted by Gasteiger charge is -2.26. The lowest BCUT2D eigenvalue weighted by Crippen LogP contribution is -2.49. The highest BCUT2D eigenvalue weighted by molar-refractivity contribution is 5.87. The minimum atomic E-state index is -0.776. The molecule has 1 aliphatic rings. The molecule has 19 heavy (non-hydrogen) atoms. The van der Waals surface area contributed by atoms with E-state index in [1.165, 1.54) is 7.11 Å². The van der Waals surface area contributed by atoms with E-state index in [0.29, 0.717) is 11.5 Å². The van der Waals surface area contributed by atoms with Crippen LogP contribution in [0.15, 0.2) is 24.3 Å². The van der Waals surface area contributed by atoms with E-state index in [4.69, 9.17) is 9.47 Å². The summed E-state index contributed by atoms with van der Waals surface area (Å²) in [5, 5.41) is 2.51. The largest absolute Gasteiger partial charge is 0.485 e. The smallest absolute Gasteiger partial charge is 0.328 e. The highest BCUT2D eigenvalue weighted by Crippen LogP contribution is 2.30. The summed E-state index contributed by atoms with van der Waals surface area (Å²) >= 11 is 0. The molecule has 2 atom stereocenters. The molecular formula is C13H15NO5. The van der Waals surface area contributed by atoms with Gasteiger partial charge in [0.1, 0.15) is 12.6 Å². The van der Waals surface area contributed by atoms with Gasteiger partial charge in [-0.3, -0.25) is 4.79 Å². The molecular weight excluding hydrogens is 250 g/mol. The number of hydrogen-bond acceptors (Lipinski definition) is 5. The van der Waals surface area contributed by atoms with Crippen molar-refractivity contribution in [2.75, 3.05) is 13.7 Å². The molecule has 1 aliphatic heterocycles. The number of esters is 1. The van der Waals surface area contributed by atoms with Crippen LogP contribution in [0.1, 0.15) is 6.92 Å². The predicted molar refractivity (Wildman–Crippen MR) is 66.0 cm³/mol. The maximum Gasteiger partial charge on any atom is 0.328 e. The van der Waals surface area contributed by atoms with E-state index in [1.54, 1.807) is 25.1 Å². The number of hydrogen-bond donors (Lipinski definition) is 1. The van der Waals surface area contributed by atoms with Crippen molar-refractivity contribution in [3.05, 3.63) is 24.3 Å². The minimum Gasteiger partial charge on any atom is -0.485 e. The van der Waals surface area contributed by atoms with Crippen LogP contribution in [0.4, 0.5) is 0 Å². The fraction of sp³-hybridized carbons (Fsp3) is 0.385. The maximum absolute atomic E-state index is 11.9. The molecule has 1 N–H and O–H groups in total. The summed E-state index contributed by atoms with van der Waals surface area (Å²) in [5.74, 6) is 0.199. The van der Waals surface area contributed by atoms with Crippen molar-refractivity contribution < 1.29 is 23.8 Å². The van der Waals surface area contributed by atoms with E-state index in [2.05, 4.69) is 10.1 Å². The van der Waals surface area contributed by atoms with Crippen LogP contribution >= 0.6 is 0 Å². The standard InChI is InChI=1S/C13H15NO5/c1-8(13(16)17-2)14-12(15)11-7-18-9-5-3-4-6-10(9)19-11/h3-6,8,11H,7H2,1-2H3,(H,14,15). The monoisotopic (exact) mass is 265 g/mol. The van der Waals surface area contributed by atoms with Crippen LogP contribution in [0.25, 0.3) is 0 Å². The topological polar surface area (TPSA) is 73.9 Å². The van der Waals surface area contributed by atoms with Gasteiger partial charge in [0.15, 0.2) is 11.5 Å². The summed E-state index contributed by atoms with van der Waals surface area (Å²) in [7, 11) is 1.27. The number of carbonyl (C=O) groups is 2. The van der Waals surface area contributed by atoms with Crippen LogP contribution in [0.5, 0.6) is 11.5 Å². The van der Waals surface area contributed by atoms with Gasteiger partial charge < -0.3 is 19.5 Å². The third kappa shape index (κ3) is 2.96. The number of amides is 1. The Labute approximate surface area is 110 Å². The van der Waals surface area contributed by atoms with Gasteiger partial charge in [0.2, 0.25) is 6.10 Å². The average molecular weight is 265 g/mol. The number of nitrogens with one attached hydrogen (secondary N) is 1. The van der Waals surface area contributed by atoms with Gasteiger partial charge in [-0.15, -0.1) is 0 Å². The van der Waals surface area contributed by atoms with Crippen molar-refractivity contribution in [2.24, 2.45) is 0 Å². The van der Waals surface area contributed by atoms with Crippen molar-refractivity contribution in [3.63, 3.8) is 0 Å². The zero-order valence-electron chi connectivity index (χ0n) is 10.7. The van der Waals surface area contributed by atoms with Crippen molar-refractivity contribution in [1.29, 1.82) is 0 Å². The molecule has 0 saturated heterocycles. The lowest BCUT2D eigenvalue weighted by molar-refractivity contribution is -0.146. The molecule has 0 spiro atoms. The number of carbonyl (C=O) groups excluding carboxylic acids is 2. The zero-order chi connectivity index (χ0) is 13.8.